The number of urea groups is 1. The molecular formula is C24H26N6O3. The van der Waals surface area contributed by atoms with E-state index in [1.807, 2.05) is 25.3 Å². The number of aryl methyl sites for hydroxylation is 1. The van der Waals surface area contributed by atoms with Gasteiger partial charge in [-0.1, -0.05) is 6.07 Å². The second-order valence-electron chi connectivity index (χ2n) is 7.72. The van der Waals surface area contributed by atoms with Crippen molar-refractivity contribution in [3.05, 3.63) is 60.3 Å². The van der Waals surface area contributed by atoms with E-state index >= 15 is 0 Å². The van der Waals surface area contributed by atoms with Crippen molar-refractivity contribution in [3.8, 4) is 11.4 Å². The third kappa shape index (κ3) is 5.83. The highest BCUT2D eigenvalue weighted by Crippen LogP contribution is 2.24. The molecule has 3 N–H and O–H groups in total. The van der Waals surface area contributed by atoms with Gasteiger partial charge < -0.3 is 25.6 Å². The number of carbonyl (C=O) groups is 2. The van der Waals surface area contributed by atoms with Gasteiger partial charge in [0.25, 0.3) is 0 Å². The molecule has 0 bridgehead atoms. The Hall–Kier alpha value is -3.98. The maximum atomic E-state index is 12.4. The lowest BCUT2D eigenvalue weighted by molar-refractivity contribution is -0.114. The van der Waals surface area contributed by atoms with Gasteiger partial charge >= 0.3 is 6.03 Å². The molecule has 170 valence electrons. The summed E-state index contributed by atoms with van der Waals surface area (Å²) >= 11 is 0. The molecule has 1 fully saturated rings. The maximum Gasteiger partial charge on any atom is 0.323 e. The normalized spacial score (nSPS) is 13.3. The molecule has 0 spiro atoms. The highest BCUT2D eigenvalue weighted by Gasteiger charge is 2.16. The average molecular weight is 447 g/mol. The highest BCUT2D eigenvalue weighted by atomic mass is 16.5. The van der Waals surface area contributed by atoms with Crippen LogP contribution in [0.1, 0.15) is 12.5 Å². The first-order valence-corrected chi connectivity index (χ1v) is 10.7. The summed E-state index contributed by atoms with van der Waals surface area (Å²) in [6, 6.07) is 13.9. The predicted octanol–water partition coefficient (Wildman–Crippen LogP) is 3.89. The third-order valence-electron chi connectivity index (χ3n) is 5.10. The molecule has 0 unspecified atom stereocenters. The van der Waals surface area contributed by atoms with Gasteiger partial charge in [-0.15, -0.1) is 0 Å². The molecule has 2 heterocycles. The zero-order valence-corrected chi connectivity index (χ0v) is 18.6. The van der Waals surface area contributed by atoms with E-state index in [1.54, 1.807) is 36.4 Å². The number of amides is 3. The van der Waals surface area contributed by atoms with Crippen LogP contribution in [0, 0.1) is 6.92 Å². The molecule has 1 saturated heterocycles. The Kier molecular flexibility index (Phi) is 6.80. The fraction of sp³-hybridized carbons (Fsp3) is 0.250. The minimum absolute atomic E-state index is 0.175. The van der Waals surface area contributed by atoms with E-state index in [0.717, 1.165) is 30.0 Å². The Balaban J connectivity index is 1.41. The summed E-state index contributed by atoms with van der Waals surface area (Å²) in [4.78, 5) is 35.0. The number of hydrogen-bond acceptors (Lipinski definition) is 6. The van der Waals surface area contributed by atoms with Crippen molar-refractivity contribution in [2.45, 2.75) is 13.8 Å². The lowest BCUT2D eigenvalue weighted by Crippen LogP contribution is -2.37. The molecule has 9 nitrogen and oxygen atoms in total. The lowest BCUT2D eigenvalue weighted by Gasteiger charge is -2.29. The van der Waals surface area contributed by atoms with Gasteiger partial charge in [-0.3, -0.25) is 4.79 Å². The summed E-state index contributed by atoms with van der Waals surface area (Å²) in [5.41, 5.74) is 3.70. The van der Waals surface area contributed by atoms with Crippen LogP contribution < -0.4 is 20.9 Å². The number of nitrogens with zero attached hydrogens (tertiary/aromatic N) is 3. The van der Waals surface area contributed by atoms with Crippen molar-refractivity contribution in [2.24, 2.45) is 0 Å². The standard InChI is InChI=1S/C24H26N6O3/c1-16-15-25-22(29-23(16)30-10-12-33-13-11-30)18-6-8-19(9-7-18)27-24(32)28-21-5-3-4-20(14-21)26-17(2)31/h3-9,14-15H,10-13H2,1-2H3,(H,26,31)(H2,27,28,32). The van der Waals surface area contributed by atoms with Crippen LogP contribution in [0.3, 0.4) is 0 Å². The Morgan fingerprint density at radius 1 is 0.939 bits per heavy atom. The lowest BCUT2D eigenvalue weighted by atomic mass is 10.2. The molecule has 3 amide bonds. The fourth-order valence-electron chi connectivity index (χ4n) is 3.54. The van der Waals surface area contributed by atoms with Crippen molar-refractivity contribution < 1.29 is 14.3 Å². The van der Waals surface area contributed by atoms with Crippen LogP contribution >= 0.6 is 0 Å². The number of nitrogens with one attached hydrogen (secondary N) is 3. The van der Waals surface area contributed by atoms with Gasteiger partial charge in [-0.2, -0.15) is 0 Å². The van der Waals surface area contributed by atoms with Gasteiger partial charge in [0.1, 0.15) is 5.82 Å². The minimum Gasteiger partial charge on any atom is -0.378 e. The van der Waals surface area contributed by atoms with Gasteiger partial charge in [0.05, 0.1) is 13.2 Å². The summed E-state index contributed by atoms with van der Waals surface area (Å²) < 4.78 is 5.44. The number of morpholine rings is 1. The van der Waals surface area contributed by atoms with Gasteiger partial charge in [0.2, 0.25) is 5.91 Å². The summed E-state index contributed by atoms with van der Waals surface area (Å²) in [6.07, 6.45) is 1.84. The predicted molar refractivity (Wildman–Crippen MR) is 129 cm³/mol. The second kappa shape index (κ2) is 10.1. The molecule has 0 atom stereocenters. The van der Waals surface area contributed by atoms with Crippen molar-refractivity contribution in [1.82, 2.24) is 9.97 Å². The van der Waals surface area contributed by atoms with E-state index in [9.17, 15) is 9.59 Å². The first-order valence-electron chi connectivity index (χ1n) is 10.7. The molecule has 1 aliphatic rings. The number of rotatable bonds is 5. The molecule has 1 aromatic heterocycles. The highest BCUT2D eigenvalue weighted by molar-refractivity contribution is 6.00. The van der Waals surface area contributed by atoms with Gasteiger partial charge in [-0.25, -0.2) is 14.8 Å². The van der Waals surface area contributed by atoms with E-state index in [2.05, 4.69) is 25.8 Å². The molecule has 33 heavy (non-hydrogen) atoms. The molecule has 0 radical (unpaired) electrons. The quantitative estimate of drug-likeness (QED) is 0.549. The van der Waals surface area contributed by atoms with Crippen LogP contribution in [0.2, 0.25) is 0 Å². The number of aromatic nitrogens is 2. The fourth-order valence-corrected chi connectivity index (χ4v) is 3.54. The number of anilines is 4. The van der Waals surface area contributed by atoms with E-state index in [-0.39, 0.29) is 11.9 Å². The molecule has 9 heteroatoms. The van der Waals surface area contributed by atoms with Crippen LogP contribution in [0.5, 0.6) is 0 Å². The molecule has 3 aromatic rings. The van der Waals surface area contributed by atoms with Crippen molar-refractivity contribution in [1.29, 1.82) is 0 Å². The Morgan fingerprint density at radius 3 is 2.30 bits per heavy atom. The SMILES string of the molecule is CC(=O)Nc1cccc(NC(=O)Nc2ccc(-c3ncc(C)c(N4CCOCC4)n3)cc2)c1. The van der Waals surface area contributed by atoms with Gasteiger partial charge in [0.15, 0.2) is 5.82 Å². The van der Waals surface area contributed by atoms with Crippen molar-refractivity contribution >= 4 is 34.8 Å². The first-order chi connectivity index (χ1) is 16.0. The summed E-state index contributed by atoms with van der Waals surface area (Å²) in [7, 11) is 0. The topological polar surface area (TPSA) is 108 Å². The Bertz CT molecular complexity index is 1140. The average Bonchev–Trinajstić information content (AvgIpc) is 2.80. The summed E-state index contributed by atoms with van der Waals surface area (Å²) in [5, 5.41) is 8.25. The van der Waals surface area contributed by atoms with Crippen molar-refractivity contribution in [3.63, 3.8) is 0 Å². The monoisotopic (exact) mass is 446 g/mol. The smallest absolute Gasteiger partial charge is 0.323 e. The second-order valence-corrected chi connectivity index (χ2v) is 7.72. The largest absolute Gasteiger partial charge is 0.378 e. The first kappa shape index (κ1) is 22.2. The molecule has 2 aromatic carbocycles. The summed E-state index contributed by atoms with van der Waals surface area (Å²) in [5.74, 6) is 1.38. The van der Waals surface area contributed by atoms with Crippen LogP contribution in [-0.2, 0) is 9.53 Å². The molecule has 1 aliphatic heterocycles. The zero-order valence-electron chi connectivity index (χ0n) is 18.6. The molecular weight excluding hydrogens is 420 g/mol. The molecule has 0 saturated carbocycles. The number of benzene rings is 2. The number of carbonyl (C=O) groups excluding carboxylic acids is 2. The van der Waals surface area contributed by atoms with Crippen LogP contribution in [0.4, 0.5) is 27.7 Å². The number of hydrogen-bond donors (Lipinski definition) is 3. The van der Waals surface area contributed by atoms with Crippen LogP contribution in [0.15, 0.2) is 54.7 Å². The van der Waals surface area contributed by atoms with E-state index < -0.39 is 0 Å². The van der Waals surface area contributed by atoms with Crippen molar-refractivity contribution in [2.75, 3.05) is 47.2 Å². The zero-order chi connectivity index (χ0) is 23.2. The summed E-state index contributed by atoms with van der Waals surface area (Å²) in [6.45, 7) is 6.44. The Morgan fingerprint density at radius 2 is 1.61 bits per heavy atom. The molecule has 0 aliphatic carbocycles. The Labute approximate surface area is 192 Å². The van der Waals surface area contributed by atoms with E-state index in [0.29, 0.717) is 36.1 Å². The number of ether oxygens (including phenoxy) is 1. The van der Waals surface area contributed by atoms with Crippen LogP contribution in [-0.4, -0.2) is 48.2 Å². The van der Waals surface area contributed by atoms with Crippen LogP contribution in [0.25, 0.3) is 11.4 Å². The third-order valence-corrected chi connectivity index (χ3v) is 5.10. The molecule has 4 rings (SSSR count). The maximum absolute atomic E-state index is 12.4. The minimum atomic E-state index is -0.385. The van der Waals surface area contributed by atoms with E-state index in [1.165, 1.54) is 6.92 Å². The van der Waals surface area contributed by atoms with E-state index in [4.69, 9.17) is 9.72 Å². The van der Waals surface area contributed by atoms with Gasteiger partial charge in [0, 0.05) is 54.4 Å². The van der Waals surface area contributed by atoms with Gasteiger partial charge in [-0.05, 0) is 49.4 Å².